The Labute approximate surface area is 91.2 Å². The van der Waals surface area contributed by atoms with Crippen molar-refractivity contribution in [3.8, 4) is 0 Å². The van der Waals surface area contributed by atoms with E-state index < -0.39 is 17.8 Å². The van der Waals surface area contributed by atoms with Gasteiger partial charge in [-0.2, -0.15) is 13.2 Å². The quantitative estimate of drug-likeness (QED) is 0.836. The van der Waals surface area contributed by atoms with Crippen molar-refractivity contribution < 1.29 is 18.3 Å². The summed E-state index contributed by atoms with van der Waals surface area (Å²) in [6.45, 7) is -0.301. The highest BCUT2D eigenvalue weighted by Gasteiger charge is 2.32. The smallest absolute Gasteiger partial charge is 0.394 e. The average Bonchev–Trinajstić information content (AvgIpc) is 2.25. The highest BCUT2D eigenvalue weighted by atomic mass is 19.4. The minimum atomic E-state index is -4.38. The third-order valence-electron chi connectivity index (χ3n) is 2.00. The molecule has 1 rings (SSSR count). The molecule has 0 aliphatic carbocycles. The summed E-state index contributed by atoms with van der Waals surface area (Å²) < 4.78 is 37.6. The molecule has 0 aromatic heterocycles. The molecule has 0 aliphatic heterocycles. The van der Waals surface area contributed by atoms with Crippen LogP contribution in [0.3, 0.4) is 0 Å². The van der Waals surface area contributed by atoms with Crippen molar-refractivity contribution in [2.24, 2.45) is 5.73 Å². The number of aliphatic hydroxyl groups is 1. The van der Waals surface area contributed by atoms with Gasteiger partial charge in [0.15, 0.2) is 0 Å². The fourth-order valence-electron chi connectivity index (χ4n) is 1.19. The fraction of sp³-hybridized carbons (Fsp3) is 0.273. The molecule has 0 heterocycles. The van der Waals surface area contributed by atoms with Gasteiger partial charge < -0.3 is 10.8 Å². The lowest BCUT2D eigenvalue weighted by Crippen LogP contribution is -2.21. The van der Waals surface area contributed by atoms with Gasteiger partial charge in [0.25, 0.3) is 0 Å². The molecule has 3 N–H and O–H groups in total. The van der Waals surface area contributed by atoms with Gasteiger partial charge in [0.1, 0.15) is 0 Å². The predicted octanol–water partition coefficient (Wildman–Crippen LogP) is 2.04. The Kier molecular flexibility index (Phi) is 4.09. The molecule has 5 heteroatoms. The lowest BCUT2D eigenvalue weighted by atomic mass is 10.1. The highest BCUT2D eigenvalue weighted by molar-refractivity contribution is 5.55. The van der Waals surface area contributed by atoms with Crippen LogP contribution < -0.4 is 5.73 Å². The molecule has 0 fully saturated rings. The van der Waals surface area contributed by atoms with E-state index in [1.165, 1.54) is 30.4 Å². The topological polar surface area (TPSA) is 46.2 Å². The zero-order valence-corrected chi connectivity index (χ0v) is 8.41. The molecule has 0 radical (unpaired) electrons. The van der Waals surface area contributed by atoms with Crippen LogP contribution in [0.25, 0.3) is 6.08 Å². The maximum absolute atomic E-state index is 12.5. The van der Waals surface area contributed by atoms with Crippen LogP contribution in [0, 0.1) is 0 Å². The Hall–Kier alpha value is -1.33. The van der Waals surface area contributed by atoms with Gasteiger partial charge >= 0.3 is 6.18 Å². The number of nitrogens with two attached hydrogens (primary N) is 1. The van der Waals surface area contributed by atoms with Crippen molar-refractivity contribution in [2.75, 3.05) is 6.61 Å². The standard InChI is InChI=1S/C11H12F3NO/c12-11(13,14)10-4-2-1-3-8(10)5-6-9(15)7-16/h1-6,9,16H,7,15H2/b6-5+. The second-order valence-corrected chi connectivity index (χ2v) is 3.29. The minimum absolute atomic E-state index is 0.0406. The number of halogens is 3. The Morgan fingerprint density at radius 2 is 1.94 bits per heavy atom. The van der Waals surface area contributed by atoms with Gasteiger partial charge in [0.2, 0.25) is 0 Å². The van der Waals surface area contributed by atoms with Crippen LogP contribution in [0.2, 0.25) is 0 Å². The molecule has 0 saturated heterocycles. The molecular weight excluding hydrogens is 219 g/mol. The van der Waals surface area contributed by atoms with Crippen molar-refractivity contribution in [3.05, 3.63) is 41.5 Å². The second kappa shape index (κ2) is 5.14. The first-order valence-electron chi connectivity index (χ1n) is 4.66. The van der Waals surface area contributed by atoms with E-state index >= 15 is 0 Å². The summed E-state index contributed by atoms with van der Waals surface area (Å²) in [5.74, 6) is 0. The van der Waals surface area contributed by atoms with E-state index in [-0.39, 0.29) is 12.2 Å². The molecule has 0 saturated carbocycles. The zero-order chi connectivity index (χ0) is 12.2. The summed E-state index contributed by atoms with van der Waals surface area (Å²) in [7, 11) is 0. The summed E-state index contributed by atoms with van der Waals surface area (Å²) in [4.78, 5) is 0. The fourth-order valence-corrected chi connectivity index (χ4v) is 1.19. The normalized spacial score (nSPS) is 14.3. The molecular formula is C11H12F3NO. The van der Waals surface area contributed by atoms with E-state index in [2.05, 4.69) is 0 Å². The van der Waals surface area contributed by atoms with E-state index in [4.69, 9.17) is 10.8 Å². The minimum Gasteiger partial charge on any atom is -0.394 e. The third-order valence-corrected chi connectivity index (χ3v) is 2.00. The summed E-state index contributed by atoms with van der Waals surface area (Å²) >= 11 is 0. The summed E-state index contributed by atoms with van der Waals surface area (Å²) in [6.07, 6.45) is -1.78. The molecule has 0 aliphatic rings. The average molecular weight is 231 g/mol. The Bertz CT molecular complexity index is 374. The van der Waals surface area contributed by atoms with Gasteiger partial charge in [-0.3, -0.25) is 0 Å². The summed E-state index contributed by atoms with van der Waals surface area (Å²) in [5, 5.41) is 8.64. The van der Waals surface area contributed by atoms with Gasteiger partial charge in [-0.05, 0) is 11.6 Å². The van der Waals surface area contributed by atoms with Crippen molar-refractivity contribution in [1.82, 2.24) is 0 Å². The first-order valence-corrected chi connectivity index (χ1v) is 4.66. The van der Waals surface area contributed by atoms with Gasteiger partial charge in [0.05, 0.1) is 12.2 Å². The van der Waals surface area contributed by atoms with Crippen molar-refractivity contribution in [3.63, 3.8) is 0 Å². The molecule has 1 atom stereocenters. The van der Waals surface area contributed by atoms with E-state index in [9.17, 15) is 13.2 Å². The predicted molar refractivity (Wildman–Crippen MR) is 55.5 cm³/mol. The molecule has 1 aromatic rings. The molecule has 0 spiro atoms. The molecule has 16 heavy (non-hydrogen) atoms. The maximum Gasteiger partial charge on any atom is 0.416 e. The van der Waals surface area contributed by atoms with Crippen LogP contribution in [-0.2, 0) is 6.18 Å². The molecule has 0 bridgehead atoms. The zero-order valence-electron chi connectivity index (χ0n) is 8.41. The van der Waals surface area contributed by atoms with Crippen molar-refractivity contribution in [2.45, 2.75) is 12.2 Å². The number of hydrogen-bond acceptors (Lipinski definition) is 2. The van der Waals surface area contributed by atoms with E-state index in [1.54, 1.807) is 0 Å². The summed E-state index contributed by atoms with van der Waals surface area (Å²) in [5.41, 5.74) is 4.69. The third kappa shape index (κ3) is 3.36. The van der Waals surface area contributed by atoms with Crippen LogP contribution in [0.15, 0.2) is 30.3 Å². The SMILES string of the molecule is NC(/C=C/c1ccccc1C(F)(F)F)CO. The van der Waals surface area contributed by atoms with Crippen LogP contribution in [0.5, 0.6) is 0 Å². The monoisotopic (exact) mass is 231 g/mol. The van der Waals surface area contributed by atoms with Crippen LogP contribution in [0.1, 0.15) is 11.1 Å². The van der Waals surface area contributed by atoms with Crippen LogP contribution in [-0.4, -0.2) is 17.8 Å². The Morgan fingerprint density at radius 3 is 2.50 bits per heavy atom. The second-order valence-electron chi connectivity index (χ2n) is 3.29. The van der Waals surface area contributed by atoms with Gasteiger partial charge in [-0.1, -0.05) is 30.4 Å². The van der Waals surface area contributed by atoms with Gasteiger partial charge in [0, 0.05) is 6.04 Å². The number of aliphatic hydroxyl groups excluding tert-OH is 1. The van der Waals surface area contributed by atoms with E-state index in [0.29, 0.717) is 0 Å². The highest BCUT2D eigenvalue weighted by Crippen LogP contribution is 2.32. The number of benzene rings is 1. The first-order chi connectivity index (χ1) is 7.45. The number of alkyl halides is 3. The van der Waals surface area contributed by atoms with Gasteiger partial charge in [-0.15, -0.1) is 0 Å². The number of rotatable bonds is 3. The molecule has 2 nitrogen and oxygen atoms in total. The van der Waals surface area contributed by atoms with E-state index in [1.807, 2.05) is 0 Å². The largest absolute Gasteiger partial charge is 0.416 e. The van der Waals surface area contributed by atoms with E-state index in [0.717, 1.165) is 6.07 Å². The molecule has 0 amide bonds. The lowest BCUT2D eigenvalue weighted by molar-refractivity contribution is -0.137. The lowest BCUT2D eigenvalue weighted by Gasteiger charge is -2.10. The van der Waals surface area contributed by atoms with Crippen LogP contribution in [0.4, 0.5) is 13.2 Å². The molecule has 1 aromatic carbocycles. The first kappa shape index (κ1) is 12.7. The van der Waals surface area contributed by atoms with Crippen molar-refractivity contribution >= 4 is 6.08 Å². The number of hydrogen-bond donors (Lipinski definition) is 2. The Morgan fingerprint density at radius 1 is 1.31 bits per heavy atom. The Balaban J connectivity index is 3.01. The summed E-state index contributed by atoms with van der Waals surface area (Å²) in [6, 6.07) is 4.54. The van der Waals surface area contributed by atoms with Crippen LogP contribution >= 0.6 is 0 Å². The molecule has 1 unspecified atom stereocenters. The van der Waals surface area contributed by atoms with Crippen molar-refractivity contribution in [1.29, 1.82) is 0 Å². The molecule has 88 valence electrons. The maximum atomic E-state index is 12.5. The van der Waals surface area contributed by atoms with Gasteiger partial charge in [-0.25, -0.2) is 0 Å².